The van der Waals surface area contributed by atoms with Gasteiger partial charge < -0.3 is 4.74 Å². The monoisotopic (exact) mass is 244 g/mol. The highest BCUT2D eigenvalue weighted by Crippen LogP contribution is 2.29. The van der Waals surface area contributed by atoms with E-state index in [-0.39, 0.29) is 0 Å². The van der Waals surface area contributed by atoms with E-state index in [0.29, 0.717) is 5.92 Å². The molecule has 0 saturated heterocycles. The molecule has 1 unspecified atom stereocenters. The maximum absolute atomic E-state index is 5.68. The molecule has 98 valence electrons. The normalized spacial score (nSPS) is 11.7. The number of hydrogen-bond donors (Lipinski definition) is 0. The highest BCUT2D eigenvalue weighted by molar-refractivity contribution is 5.48. The van der Waals surface area contributed by atoms with Gasteiger partial charge in [0, 0.05) is 5.92 Å². The van der Waals surface area contributed by atoms with Gasteiger partial charge in [-0.1, -0.05) is 6.92 Å². The van der Waals surface area contributed by atoms with E-state index in [1.54, 1.807) is 0 Å². The van der Waals surface area contributed by atoms with Crippen LogP contribution in [0.2, 0.25) is 0 Å². The van der Waals surface area contributed by atoms with Gasteiger partial charge in [-0.2, -0.15) is 0 Å². The summed E-state index contributed by atoms with van der Waals surface area (Å²) in [7, 11) is 0. The Morgan fingerprint density at radius 1 is 1.22 bits per heavy atom. The van der Waals surface area contributed by atoms with Crippen molar-refractivity contribution in [2.75, 3.05) is 6.61 Å². The highest BCUT2D eigenvalue weighted by atomic mass is 16.5. The molecule has 0 aliphatic rings. The minimum atomic E-state index is 0.407. The van der Waals surface area contributed by atoms with Crippen LogP contribution in [0, 0.1) is 38.5 Å². The van der Waals surface area contributed by atoms with Crippen molar-refractivity contribution in [3.63, 3.8) is 0 Å². The summed E-state index contributed by atoms with van der Waals surface area (Å²) < 4.78 is 5.68. The van der Waals surface area contributed by atoms with E-state index < -0.39 is 0 Å². The minimum Gasteiger partial charge on any atom is -0.494 e. The second-order valence-electron chi connectivity index (χ2n) is 4.85. The lowest BCUT2D eigenvalue weighted by Gasteiger charge is -2.17. The maximum atomic E-state index is 5.68. The van der Waals surface area contributed by atoms with Gasteiger partial charge in [-0.25, -0.2) is 0 Å². The predicted molar refractivity (Wildman–Crippen MR) is 78.1 cm³/mol. The van der Waals surface area contributed by atoms with Gasteiger partial charge >= 0.3 is 0 Å². The Morgan fingerprint density at radius 3 is 2.44 bits per heavy atom. The lowest BCUT2D eigenvalue weighted by atomic mass is 9.91. The smallest absolute Gasteiger partial charge is 0.122 e. The molecule has 0 saturated carbocycles. The molecule has 0 bridgehead atoms. The van der Waals surface area contributed by atoms with Gasteiger partial charge in [-0.3, -0.25) is 0 Å². The topological polar surface area (TPSA) is 9.23 Å². The lowest BCUT2D eigenvalue weighted by Crippen LogP contribution is -2.05. The Morgan fingerprint density at radius 2 is 1.89 bits per heavy atom. The third kappa shape index (κ3) is 3.29. The van der Waals surface area contributed by atoms with E-state index in [2.05, 4.69) is 45.6 Å². The van der Waals surface area contributed by atoms with Crippen LogP contribution in [0.15, 0.2) is 6.07 Å². The average molecular weight is 244 g/mol. The molecule has 1 nitrogen and oxygen atoms in total. The Kier molecular flexibility index (Phi) is 5.28. The molecule has 1 rings (SSSR count). The summed E-state index contributed by atoms with van der Waals surface area (Å²) >= 11 is 0. The molecule has 1 atom stereocenters. The van der Waals surface area contributed by atoms with Crippen LogP contribution in [-0.4, -0.2) is 6.61 Å². The van der Waals surface area contributed by atoms with Crippen LogP contribution >= 0.6 is 0 Å². The van der Waals surface area contributed by atoms with Gasteiger partial charge in [-0.15, -0.1) is 11.8 Å². The fourth-order valence-electron chi connectivity index (χ4n) is 2.32. The molecule has 0 amide bonds. The van der Waals surface area contributed by atoms with Gasteiger partial charge in [0.2, 0.25) is 0 Å². The van der Waals surface area contributed by atoms with Crippen LogP contribution in [0.25, 0.3) is 0 Å². The third-order valence-corrected chi connectivity index (χ3v) is 3.41. The van der Waals surface area contributed by atoms with Crippen molar-refractivity contribution in [2.45, 2.75) is 48.0 Å². The van der Waals surface area contributed by atoms with Gasteiger partial charge in [0.05, 0.1) is 6.61 Å². The number of ether oxygens (including phenoxy) is 1. The Hall–Kier alpha value is -1.42. The summed E-state index contributed by atoms with van der Waals surface area (Å²) in [5.41, 5.74) is 5.34. The quantitative estimate of drug-likeness (QED) is 0.721. The summed E-state index contributed by atoms with van der Waals surface area (Å²) in [4.78, 5) is 0. The Labute approximate surface area is 112 Å². The van der Waals surface area contributed by atoms with Crippen molar-refractivity contribution < 1.29 is 4.74 Å². The molecule has 0 spiro atoms. The average Bonchev–Trinajstić information content (AvgIpc) is 2.32. The first-order chi connectivity index (χ1) is 8.51. The maximum Gasteiger partial charge on any atom is 0.122 e. The van der Waals surface area contributed by atoms with E-state index in [9.17, 15) is 0 Å². The standard InChI is InChI=1S/C17H24O/c1-7-9-12(3)10-16-13(4)11-17(18-8-2)15(6)14(16)5/h11-12H,8,10H2,1-6H3. The van der Waals surface area contributed by atoms with Crippen molar-refractivity contribution >= 4 is 0 Å². The summed E-state index contributed by atoms with van der Waals surface area (Å²) in [5.74, 6) is 7.65. The predicted octanol–water partition coefficient (Wildman–Crippen LogP) is 4.21. The number of aryl methyl sites for hydroxylation is 1. The van der Waals surface area contributed by atoms with Crippen molar-refractivity contribution in [3.05, 3.63) is 28.3 Å². The van der Waals surface area contributed by atoms with Crippen molar-refractivity contribution in [2.24, 2.45) is 5.92 Å². The van der Waals surface area contributed by atoms with Gasteiger partial charge in [0.1, 0.15) is 5.75 Å². The SMILES string of the molecule is CC#CC(C)Cc1c(C)cc(OCC)c(C)c1C. The third-order valence-electron chi connectivity index (χ3n) is 3.41. The van der Waals surface area contributed by atoms with Crippen molar-refractivity contribution in [3.8, 4) is 17.6 Å². The number of rotatable bonds is 4. The molecule has 18 heavy (non-hydrogen) atoms. The number of hydrogen-bond acceptors (Lipinski definition) is 1. The first-order valence-electron chi connectivity index (χ1n) is 6.66. The second-order valence-corrected chi connectivity index (χ2v) is 4.85. The molecule has 1 aromatic rings. The molecule has 0 fully saturated rings. The van der Waals surface area contributed by atoms with Crippen LogP contribution in [0.5, 0.6) is 5.75 Å². The number of benzene rings is 1. The molecule has 1 aromatic carbocycles. The highest BCUT2D eigenvalue weighted by Gasteiger charge is 2.12. The summed E-state index contributed by atoms with van der Waals surface area (Å²) in [6, 6.07) is 2.16. The first-order valence-corrected chi connectivity index (χ1v) is 6.66. The van der Waals surface area contributed by atoms with Crippen LogP contribution in [0.4, 0.5) is 0 Å². The molecule has 1 heteroatoms. The Balaban J connectivity index is 3.12. The first kappa shape index (κ1) is 14.6. The summed E-state index contributed by atoms with van der Waals surface area (Å²) in [5, 5.41) is 0. The van der Waals surface area contributed by atoms with E-state index in [4.69, 9.17) is 4.74 Å². The van der Waals surface area contributed by atoms with Crippen LogP contribution < -0.4 is 4.74 Å². The molecule has 0 heterocycles. The van der Waals surface area contributed by atoms with E-state index in [1.165, 1.54) is 22.3 Å². The zero-order chi connectivity index (χ0) is 13.7. The second kappa shape index (κ2) is 6.50. The zero-order valence-corrected chi connectivity index (χ0v) is 12.5. The molecule has 0 aliphatic heterocycles. The molecule has 0 N–H and O–H groups in total. The van der Waals surface area contributed by atoms with E-state index >= 15 is 0 Å². The fraction of sp³-hybridized carbons (Fsp3) is 0.529. The molecular formula is C17H24O. The van der Waals surface area contributed by atoms with Crippen LogP contribution in [0.1, 0.15) is 43.0 Å². The van der Waals surface area contributed by atoms with E-state index in [1.807, 2.05) is 13.8 Å². The zero-order valence-electron chi connectivity index (χ0n) is 12.5. The molecule has 0 radical (unpaired) electrons. The Bertz CT molecular complexity index is 475. The lowest BCUT2D eigenvalue weighted by molar-refractivity contribution is 0.337. The van der Waals surface area contributed by atoms with Gasteiger partial charge in [0.15, 0.2) is 0 Å². The van der Waals surface area contributed by atoms with Gasteiger partial charge in [-0.05, 0) is 69.4 Å². The fourth-order valence-corrected chi connectivity index (χ4v) is 2.32. The molecule has 0 aliphatic carbocycles. The summed E-state index contributed by atoms with van der Waals surface area (Å²) in [6.07, 6.45) is 1.02. The summed E-state index contributed by atoms with van der Waals surface area (Å²) in [6.45, 7) is 13.3. The van der Waals surface area contributed by atoms with Gasteiger partial charge in [0.25, 0.3) is 0 Å². The largest absolute Gasteiger partial charge is 0.494 e. The minimum absolute atomic E-state index is 0.407. The molecule has 0 aromatic heterocycles. The van der Waals surface area contributed by atoms with Crippen molar-refractivity contribution in [1.82, 2.24) is 0 Å². The van der Waals surface area contributed by atoms with Crippen LogP contribution in [-0.2, 0) is 6.42 Å². The van der Waals surface area contributed by atoms with Crippen LogP contribution in [0.3, 0.4) is 0 Å². The molecular weight excluding hydrogens is 220 g/mol. The van der Waals surface area contributed by atoms with Crippen molar-refractivity contribution in [1.29, 1.82) is 0 Å². The van der Waals surface area contributed by atoms with E-state index in [0.717, 1.165) is 18.8 Å².